The molecule has 0 saturated carbocycles. The number of nitrogens with zero attached hydrogens (tertiary/aromatic N) is 11. The number of rotatable bonds is 11. The van der Waals surface area contributed by atoms with E-state index in [-0.39, 0.29) is 5.28 Å². The minimum Gasteiger partial charge on any atom is -0.354 e. The van der Waals surface area contributed by atoms with Crippen molar-refractivity contribution in [3.8, 4) is 108 Å². The second kappa shape index (κ2) is 30.5. The third kappa shape index (κ3) is 13.2. The summed E-state index contributed by atoms with van der Waals surface area (Å²) >= 11 is 6.14. The van der Waals surface area contributed by atoms with Gasteiger partial charge in [0, 0.05) is 107 Å². The number of aromatic amines is 1. The highest BCUT2D eigenvalue weighted by molar-refractivity contribution is 6.29. The molecular weight excluding hydrogens is 1500 g/mol. The zero-order valence-electron chi connectivity index (χ0n) is 65.1. The monoisotopic (exact) mass is 1570 g/mol. The maximum Gasteiger partial charge on any atom is 0.235 e. The van der Waals surface area contributed by atoms with Gasteiger partial charge in [-0.1, -0.05) is 340 Å². The van der Waals surface area contributed by atoms with E-state index in [4.69, 9.17) is 41.5 Å². The molecule has 0 bridgehead atoms. The van der Waals surface area contributed by atoms with E-state index in [0.717, 1.165) is 139 Å². The second-order valence-corrected chi connectivity index (χ2v) is 30.3. The zero-order valence-corrected chi connectivity index (χ0v) is 65.8. The average molecular weight is 1570 g/mol. The van der Waals surface area contributed by atoms with Gasteiger partial charge in [0.05, 0.1) is 61.4 Å². The summed E-state index contributed by atoms with van der Waals surface area (Å²) in [4.78, 5) is 43.3. The number of H-pyrrole nitrogens is 1. The number of hydrogen-bond acceptors (Lipinski definition) is 8. The van der Waals surface area contributed by atoms with E-state index < -0.39 is 0 Å². The number of benzene rings is 16. The van der Waals surface area contributed by atoms with Crippen LogP contribution in [0.2, 0.25) is 5.28 Å². The lowest BCUT2D eigenvalue weighted by atomic mass is 9.96. The average Bonchev–Trinajstić information content (AvgIpc) is 1.56. The van der Waals surface area contributed by atoms with Crippen molar-refractivity contribution in [2.75, 3.05) is 0 Å². The minimum absolute atomic E-state index is 0.266. The summed E-state index contributed by atoms with van der Waals surface area (Å²) in [5.74, 6) is 3.64. The Morgan fingerprint density at radius 1 is 0.248 bits per heavy atom. The number of aromatic nitrogens is 12. The van der Waals surface area contributed by atoms with E-state index in [1.165, 1.54) is 60.0 Å². The number of para-hydroxylation sites is 4. The van der Waals surface area contributed by atoms with Crippen molar-refractivity contribution >= 4 is 120 Å². The van der Waals surface area contributed by atoms with E-state index in [0.29, 0.717) is 17.6 Å². The standard InChI is InChI=1S/C54H34N6.C30H20N4.C24H15ClN2/c1-3-15-37(16-4-1)47-34-50(57-53(55-47)39-17-5-2-6-18-39)59-33-32-45-48(59)31-30-43-42-21-10-12-25-49(42)60(52(43)45)54-56-46-24-11-9-22-44(46)51(58-54)38-28-26-36(27-29-38)41-23-13-19-35-14-7-8-20-40(35)41;1-3-9-20(10-4-1)26-19-28(33-30(32-26)21-11-5-2-6-12-21)34-18-17-24-27(34)16-15-23-22-13-7-8-14-25(22)31-29(23)24;25-24-26-22-11-4-3-9-21(22)23(27-24)18-14-12-17(13-15-18)20-10-5-7-16-6-1-2-8-19(16)20/h1-34H;1-19,31H;1-15H. The molecule has 0 unspecified atom stereocenters. The lowest BCUT2D eigenvalue weighted by Gasteiger charge is -2.13. The summed E-state index contributed by atoms with van der Waals surface area (Å²) in [7, 11) is 0. The SMILES string of the molecule is Clc1nc(-c2ccc(-c3cccc4ccccc34)cc2)c2ccccc2n1.c1ccc(-c2cc(-n3ccc4c3ccc3c5ccccc5n(-c5nc(-c6ccc(-c7cccc8ccccc78)cc6)c6ccccc6n5)c34)nc(-c3ccccc3)n2)cc1.c1ccc(-c2cc(-n3ccc4c5[nH]c6ccccc6c5ccc43)nc(-c3ccccc3)n2)cc1. The van der Waals surface area contributed by atoms with Gasteiger partial charge in [0.1, 0.15) is 11.6 Å². The summed E-state index contributed by atoms with van der Waals surface area (Å²) in [5, 5.41) is 14.2. The number of halogens is 1. The molecular formula is C108H69ClN12. The lowest BCUT2D eigenvalue weighted by molar-refractivity contribution is 1.01. The topological polar surface area (TPSA) is 134 Å². The quantitative estimate of drug-likeness (QED) is 0.127. The van der Waals surface area contributed by atoms with Gasteiger partial charge in [0.25, 0.3) is 0 Å². The predicted molar refractivity (Wildman–Crippen MR) is 498 cm³/mol. The maximum absolute atomic E-state index is 6.14. The van der Waals surface area contributed by atoms with Crippen LogP contribution in [0.15, 0.2) is 413 Å². The highest BCUT2D eigenvalue weighted by atomic mass is 35.5. The van der Waals surface area contributed by atoms with Crippen LogP contribution in [0.25, 0.3) is 216 Å². The Morgan fingerprint density at radius 3 is 1.22 bits per heavy atom. The Labute approximate surface area is 700 Å². The highest BCUT2D eigenvalue weighted by Gasteiger charge is 2.23. The largest absolute Gasteiger partial charge is 0.354 e. The highest BCUT2D eigenvalue weighted by Crippen LogP contribution is 2.42. The first-order valence-corrected chi connectivity index (χ1v) is 40.7. The molecule has 16 aromatic carbocycles. The van der Waals surface area contributed by atoms with Gasteiger partial charge in [0.15, 0.2) is 11.6 Å². The van der Waals surface area contributed by atoms with Crippen LogP contribution >= 0.6 is 11.6 Å². The normalized spacial score (nSPS) is 11.5. The third-order valence-corrected chi connectivity index (χ3v) is 23.0. The summed E-state index contributed by atoms with van der Waals surface area (Å²) in [6.45, 7) is 0. The van der Waals surface area contributed by atoms with Gasteiger partial charge < -0.3 is 14.1 Å². The fourth-order valence-electron chi connectivity index (χ4n) is 17.1. The number of nitrogens with one attached hydrogen (secondary N) is 1. The van der Waals surface area contributed by atoms with Gasteiger partial charge in [-0.25, -0.2) is 39.9 Å². The molecule has 0 radical (unpaired) electrons. The zero-order chi connectivity index (χ0) is 80.3. The van der Waals surface area contributed by atoms with Crippen LogP contribution in [0.1, 0.15) is 0 Å². The van der Waals surface area contributed by atoms with Gasteiger partial charge >= 0.3 is 0 Å². The molecule has 0 aliphatic carbocycles. The van der Waals surface area contributed by atoms with Gasteiger partial charge in [-0.3, -0.25) is 4.57 Å². The molecule has 12 nitrogen and oxygen atoms in total. The van der Waals surface area contributed by atoms with Crippen molar-refractivity contribution < 1.29 is 0 Å². The lowest BCUT2D eigenvalue weighted by Crippen LogP contribution is -2.04. The van der Waals surface area contributed by atoms with Crippen LogP contribution in [0.5, 0.6) is 0 Å². The Hall–Kier alpha value is -16.2. The molecule has 0 spiro atoms. The number of fused-ring (bicyclic) bond motifs is 14. The van der Waals surface area contributed by atoms with Crippen molar-refractivity contribution in [3.05, 3.63) is 418 Å². The molecule has 8 heterocycles. The van der Waals surface area contributed by atoms with Crippen LogP contribution in [-0.2, 0) is 0 Å². The number of hydrogen-bond donors (Lipinski definition) is 1. The second-order valence-electron chi connectivity index (χ2n) is 30.0. The Kier molecular flexibility index (Phi) is 18.0. The summed E-state index contributed by atoms with van der Waals surface area (Å²) in [6.07, 6.45) is 4.21. The van der Waals surface area contributed by atoms with Gasteiger partial charge in [-0.05, 0) is 104 Å². The molecule has 0 fully saturated rings. The van der Waals surface area contributed by atoms with Crippen LogP contribution in [0.3, 0.4) is 0 Å². The molecule has 24 rings (SSSR count). The van der Waals surface area contributed by atoms with Crippen molar-refractivity contribution in [1.29, 1.82) is 0 Å². The molecule has 121 heavy (non-hydrogen) atoms. The summed E-state index contributed by atoms with van der Waals surface area (Å²) in [5.41, 5.74) is 22.7. The third-order valence-electron chi connectivity index (χ3n) is 22.9. The minimum atomic E-state index is 0.266. The first kappa shape index (κ1) is 71.4. The van der Waals surface area contributed by atoms with Crippen molar-refractivity contribution in [3.63, 3.8) is 0 Å². The van der Waals surface area contributed by atoms with Crippen LogP contribution in [0, 0.1) is 0 Å². The maximum atomic E-state index is 6.14. The fourth-order valence-corrected chi connectivity index (χ4v) is 17.3. The summed E-state index contributed by atoms with van der Waals surface area (Å²) < 4.78 is 6.56. The molecule has 0 atom stereocenters. The van der Waals surface area contributed by atoms with Crippen LogP contribution in [0.4, 0.5) is 0 Å². The molecule has 568 valence electrons. The fraction of sp³-hybridized carbons (Fsp3) is 0. The van der Waals surface area contributed by atoms with Crippen LogP contribution < -0.4 is 0 Å². The summed E-state index contributed by atoms with van der Waals surface area (Å²) in [6, 6.07) is 139. The predicted octanol–water partition coefficient (Wildman–Crippen LogP) is 27.4. The molecule has 0 saturated heterocycles. The first-order chi connectivity index (χ1) is 59.9. The van der Waals surface area contributed by atoms with E-state index >= 15 is 0 Å². The van der Waals surface area contributed by atoms with Crippen LogP contribution in [-0.4, -0.2) is 58.6 Å². The Balaban J connectivity index is 0.000000121. The molecule has 13 heteroatoms. The molecule has 8 aromatic heterocycles. The smallest absolute Gasteiger partial charge is 0.235 e. The van der Waals surface area contributed by atoms with E-state index in [9.17, 15) is 0 Å². The van der Waals surface area contributed by atoms with E-state index in [1.54, 1.807) is 0 Å². The van der Waals surface area contributed by atoms with Crippen molar-refractivity contribution in [1.82, 2.24) is 58.6 Å². The first-order valence-electron chi connectivity index (χ1n) is 40.3. The molecule has 0 aliphatic rings. The molecule has 24 aromatic rings. The Morgan fingerprint density at radius 2 is 0.669 bits per heavy atom. The van der Waals surface area contributed by atoms with Gasteiger partial charge in [-0.2, -0.15) is 0 Å². The molecule has 1 N–H and O–H groups in total. The van der Waals surface area contributed by atoms with E-state index in [1.807, 2.05) is 103 Å². The van der Waals surface area contributed by atoms with Crippen molar-refractivity contribution in [2.45, 2.75) is 0 Å². The van der Waals surface area contributed by atoms with E-state index in [2.05, 4.69) is 338 Å². The Bertz CT molecular complexity index is 7960. The van der Waals surface area contributed by atoms with Gasteiger partial charge in [-0.15, -0.1) is 0 Å². The van der Waals surface area contributed by atoms with Crippen molar-refractivity contribution in [2.24, 2.45) is 0 Å². The molecule has 0 amide bonds. The molecule has 0 aliphatic heterocycles. The van der Waals surface area contributed by atoms with Gasteiger partial charge in [0.2, 0.25) is 11.2 Å².